The second-order valence-electron chi connectivity index (χ2n) is 7.43. The fourth-order valence-electron chi connectivity index (χ4n) is 4.00. The third-order valence-electron chi connectivity index (χ3n) is 5.47. The molecule has 28 heavy (non-hydrogen) atoms. The first-order chi connectivity index (χ1) is 13.3. The Morgan fingerprint density at radius 1 is 1.18 bits per heavy atom. The average molecular weight is 406 g/mol. The number of amides is 1. The predicted octanol–water partition coefficient (Wildman–Crippen LogP) is 1.65. The molecular formula is C19H23FN4O3S. The number of carbonyl (C=O) groups is 1. The summed E-state index contributed by atoms with van der Waals surface area (Å²) in [6, 6.07) is 6.01. The predicted molar refractivity (Wildman–Crippen MR) is 102 cm³/mol. The molecule has 2 aliphatic rings. The van der Waals surface area contributed by atoms with Crippen molar-refractivity contribution in [3.8, 4) is 5.69 Å². The maximum atomic E-state index is 13.2. The second kappa shape index (κ2) is 7.29. The lowest BCUT2D eigenvalue weighted by molar-refractivity contribution is 0.0917. The van der Waals surface area contributed by atoms with Gasteiger partial charge in [-0.3, -0.25) is 4.79 Å². The number of benzene rings is 1. The van der Waals surface area contributed by atoms with E-state index in [2.05, 4.69) is 10.4 Å². The number of halogens is 1. The smallest absolute Gasteiger partial charge is 0.272 e. The molecule has 1 aromatic heterocycles. The van der Waals surface area contributed by atoms with Crippen molar-refractivity contribution in [3.05, 3.63) is 47.0 Å². The fraction of sp³-hybridized carbons (Fsp3) is 0.474. The van der Waals surface area contributed by atoms with Crippen LogP contribution in [0.4, 0.5) is 4.39 Å². The van der Waals surface area contributed by atoms with Gasteiger partial charge in [-0.2, -0.15) is 5.10 Å². The number of rotatable bonds is 4. The van der Waals surface area contributed by atoms with Gasteiger partial charge in [0.2, 0.25) is 10.0 Å². The summed E-state index contributed by atoms with van der Waals surface area (Å²) in [5.74, 6) is -0.539. The molecular weight excluding hydrogens is 383 g/mol. The topological polar surface area (TPSA) is 84.3 Å². The molecule has 1 aliphatic heterocycles. The molecule has 0 spiro atoms. The van der Waals surface area contributed by atoms with E-state index in [0.717, 1.165) is 36.2 Å². The van der Waals surface area contributed by atoms with E-state index in [0.29, 0.717) is 31.6 Å². The molecule has 0 bridgehead atoms. The molecule has 2 heterocycles. The van der Waals surface area contributed by atoms with E-state index in [1.54, 1.807) is 16.8 Å². The first kappa shape index (κ1) is 19.1. The van der Waals surface area contributed by atoms with Gasteiger partial charge in [0.15, 0.2) is 5.69 Å². The van der Waals surface area contributed by atoms with Gasteiger partial charge >= 0.3 is 0 Å². The molecule has 0 unspecified atom stereocenters. The summed E-state index contributed by atoms with van der Waals surface area (Å²) >= 11 is 0. The van der Waals surface area contributed by atoms with Crippen molar-refractivity contribution in [1.82, 2.24) is 19.4 Å². The molecule has 150 valence electrons. The molecule has 1 amide bonds. The lowest BCUT2D eigenvalue weighted by Crippen LogP contribution is -2.46. The first-order valence-corrected chi connectivity index (χ1v) is 11.3. The minimum absolute atomic E-state index is 0.0708. The van der Waals surface area contributed by atoms with Crippen LogP contribution in [-0.2, 0) is 22.9 Å². The monoisotopic (exact) mass is 406 g/mol. The van der Waals surface area contributed by atoms with Crippen LogP contribution in [0.25, 0.3) is 5.69 Å². The third kappa shape index (κ3) is 3.68. The molecule has 2 aromatic rings. The Balaban J connectivity index is 1.51. The van der Waals surface area contributed by atoms with Gasteiger partial charge in [-0.05, 0) is 56.4 Å². The highest BCUT2D eigenvalue weighted by atomic mass is 32.2. The van der Waals surface area contributed by atoms with Crippen LogP contribution < -0.4 is 5.32 Å². The molecule has 1 saturated heterocycles. The minimum atomic E-state index is -3.19. The van der Waals surface area contributed by atoms with Crippen molar-refractivity contribution in [2.24, 2.45) is 0 Å². The molecule has 7 nitrogen and oxygen atoms in total. The number of fused-ring (bicyclic) bond motifs is 1. The Labute approximate surface area is 163 Å². The zero-order valence-electron chi connectivity index (χ0n) is 15.7. The summed E-state index contributed by atoms with van der Waals surface area (Å²) in [5.41, 5.74) is 3.11. The van der Waals surface area contributed by atoms with E-state index in [-0.39, 0.29) is 17.8 Å². The van der Waals surface area contributed by atoms with Crippen LogP contribution in [0, 0.1) is 5.82 Å². The zero-order valence-corrected chi connectivity index (χ0v) is 16.5. The van der Waals surface area contributed by atoms with Crippen LogP contribution >= 0.6 is 0 Å². The number of hydrogen-bond acceptors (Lipinski definition) is 4. The number of aromatic nitrogens is 2. The van der Waals surface area contributed by atoms with Gasteiger partial charge < -0.3 is 5.32 Å². The summed E-state index contributed by atoms with van der Waals surface area (Å²) < 4.78 is 39.7. The SMILES string of the molecule is CS(=O)(=O)N1CCC(NC(=O)c2nn(-c3ccc(F)cc3)c3c2CCC3)CC1. The maximum absolute atomic E-state index is 13.2. The summed E-state index contributed by atoms with van der Waals surface area (Å²) in [6.45, 7) is 0.817. The highest BCUT2D eigenvalue weighted by Gasteiger charge is 2.30. The Morgan fingerprint density at radius 3 is 2.50 bits per heavy atom. The van der Waals surface area contributed by atoms with Crippen molar-refractivity contribution in [2.75, 3.05) is 19.3 Å². The van der Waals surface area contributed by atoms with E-state index >= 15 is 0 Å². The molecule has 1 aliphatic carbocycles. The Hall–Kier alpha value is -2.26. The lowest BCUT2D eigenvalue weighted by Gasteiger charge is -2.30. The molecule has 9 heteroatoms. The molecule has 0 atom stereocenters. The highest BCUT2D eigenvalue weighted by Crippen LogP contribution is 2.28. The van der Waals surface area contributed by atoms with Gasteiger partial charge in [-0.15, -0.1) is 0 Å². The molecule has 0 saturated carbocycles. The zero-order chi connectivity index (χ0) is 19.9. The number of nitrogens with one attached hydrogen (secondary N) is 1. The Morgan fingerprint density at radius 2 is 1.86 bits per heavy atom. The van der Waals surface area contributed by atoms with E-state index in [1.165, 1.54) is 22.7 Å². The standard InChI is InChI=1S/C19H23FN4O3S/c1-28(26,27)23-11-9-14(10-12-23)21-19(25)18-16-3-2-4-17(16)24(22-18)15-7-5-13(20)6-8-15/h5-8,14H,2-4,9-12H2,1H3,(H,21,25). The summed E-state index contributed by atoms with van der Waals surface area (Å²) in [7, 11) is -3.19. The van der Waals surface area contributed by atoms with Crippen LogP contribution in [0.5, 0.6) is 0 Å². The Kier molecular flexibility index (Phi) is 4.96. The Bertz CT molecular complexity index is 993. The van der Waals surface area contributed by atoms with Crippen molar-refractivity contribution in [1.29, 1.82) is 0 Å². The van der Waals surface area contributed by atoms with Gasteiger partial charge in [-0.1, -0.05) is 0 Å². The third-order valence-corrected chi connectivity index (χ3v) is 6.78. The maximum Gasteiger partial charge on any atom is 0.272 e. The quantitative estimate of drug-likeness (QED) is 0.837. The van der Waals surface area contributed by atoms with Crippen LogP contribution in [0.2, 0.25) is 0 Å². The number of carbonyl (C=O) groups excluding carboxylic acids is 1. The van der Waals surface area contributed by atoms with Crippen molar-refractivity contribution >= 4 is 15.9 Å². The van der Waals surface area contributed by atoms with Gasteiger partial charge in [0.1, 0.15) is 5.82 Å². The van der Waals surface area contributed by atoms with Gasteiger partial charge in [-0.25, -0.2) is 21.8 Å². The van der Waals surface area contributed by atoms with E-state index in [1.807, 2.05) is 0 Å². The van der Waals surface area contributed by atoms with Gasteiger partial charge in [0.25, 0.3) is 5.91 Å². The largest absolute Gasteiger partial charge is 0.348 e. The van der Waals surface area contributed by atoms with E-state index in [4.69, 9.17) is 0 Å². The molecule has 4 rings (SSSR count). The summed E-state index contributed by atoms with van der Waals surface area (Å²) in [5, 5.41) is 7.54. The fourth-order valence-corrected chi connectivity index (χ4v) is 4.88. The van der Waals surface area contributed by atoms with Gasteiger partial charge in [0.05, 0.1) is 11.9 Å². The molecule has 1 fully saturated rings. The molecule has 0 radical (unpaired) electrons. The van der Waals surface area contributed by atoms with Crippen LogP contribution in [-0.4, -0.2) is 53.8 Å². The number of nitrogens with zero attached hydrogens (tertiary/aromatic N) is 3. The van der Waals surface area contributed by atoms with Crippen LogP contribution in [0.3, 0.4) is 0 Å². The average Bonchev–Trinajstić information content (AvgIpc) is 3.25. The van der Waals surface area contributed by atoms with Crippen molar-refractivity contribution in [3.63, 3.8) is 0 Å². The number of hydrogen-bond donors (Lipinski definition) is 1. The number of piperidine rings is 1. The van der Waals surface area contributed by atoms with Crippen LogP contribution in [0.1, 0.15) is 41.0 Å². The van der Waals surface area contributed by atoms with Gasteiger partial charge in [0, 0.05) is 30.4 Å². The molecule has 1 aromatic carbocycles. The first-order valence-electron chi connectivity index (χ1n) is 9.45. The number of sulfonamides is 1. The molecule has 1 N–H and O–H groups in total. The van der Waals surface area contributed by atoms with E-state index in [9.17, 15) is 17.6 Å². The van der Waals surface area contributed by atoms with Crippen molar-refractivity contribution in [2.45, 2.75) is 38.1 Å². The minimum Gasteiger partial charge on any atom is -0.348 e. The van der Waals surface area contributed by atoms with Crippen LogP contribution in [0.15, 0.2) is 24.3 Å². The van der Waals surface area contributed by atoms with Crippen molar-refractivity contribution < 1.29 is 17.6 Å². The second-order valence-corrected chi connectivity index (χ2v) is 9.41. The summed E-state index contributed by atoms with van der Waals surface area (Å²) in [4.78, 5) is 12.9. The summed E-state index contributed by atoms with van der Waals surface area (Å²) in [6.07, 6.45) is 4.96. The lowest BCUT2D eigenvalue weighted by atomic mass is 10.1. The highest BCUT2D eigenvalue weighted by molar-refractivity contribution is 7.88. The van der Waals surface area contributed by atoms with E-state index < -0.39 is 10.0 Å². The normalized spacial score (nSPS) is 18.2.